The van der Waals surface area contributed by atoms with Crippen LogP contribution in [-0.4, -0.2) is 25.7 Å². The van der Waals surface area contributed by atoms with E-state index in [1.165, 1.54) is 0 Å². The lowest BCUT2D eigenvalue weighted by Crippen LogP contribution is -2.37. The third-order valence-corrected chi connectivity index (χ3v) is 4.40. The summed E-state index contributed by atoms with van der Waals surface area (Å²) in [7, 11) is 1.88. The van der Waals surface area contributed by atoms with E-state index in [0.717, 1.165) is 17.7 Å². The molecule has 0 aliphatic rings. The van der Waals surface area contributed by atoms with Crippen LogP contribution in [0.3, 0.4) is 0 Å². The van der Waals surface area contributed by atoms with Gasteiger partial charge in [0.15, 0.2) is 6.04 Å². The van der Waals surface area contributed by atoms with Crippen molar-refractivity contribution in [3.63, 3.8) is 0 Å². The zero-order chi connectivity index (χ0) is 18.1. The highest BCUT2D eigenvalue weighted by atomic mass is 16.5. The van der Waals surface area contributed by atoms with Crippen molar-refractivity contribution >= 4 is 11.7 Å². The Labute approximate surface area is 150 Å². The molecule has 0 aromatic heterocycles. The third kappa shape index (κ3) is 5.61. The maximum absolute atomic E-state index is 12.9. The van der Waals surface area contributed by atoms with E-state index in [4.69, 9.17) is 4.74 Å². The number of rotatable bonds is 9. The standard InChI is InChI=1S/C21H28N2O2/c1-4-16(2)19(15-22-3)25-21(24)20(17-11-7-5-8-12-17)23-18-13-9-6-10-14-18/h5-14,16,19-20,22-23H,4,15H2,1-3H3/t16?,19-,20+/m0/s1. The monoisotopic (exact) mass is 340 g/mol. The summed E-state index contributed by atoms with van der Waals surface area (Å²) in [4.78, 5) is 12.9. The highest BCUT2D eigenvalue weighted by molar-refractivity contribution is 5.81. The Hall–Kier alpha value is -2.33. The van der Waals surface area contributed by atoms with Crippen LogP contribution in [0.15, 0.2) is 60.7 Å². The molecule has 134 valence electrons. The van der Waals surface area contributed by atoms with Gasteiger partial charge in [-0.1, -0.05) is 62.4 Å². The SMILES string of the molecule is CCC(C)[C@H](CNC)OC(=O)[C@H](Nc1ccccc1)c1ccccc1. The van der Waals surface area contributed by atoms with E-state index >= 15 is 0 Å². The highest BCUT2D eigenvalue weighted by Crippen LogP contribution is 2.23. The van der Waals surface area contributed by atoms with E-state index < -0.39 is 6.04 Å². The number of hydrogen-bond donors (Lipinski definition) is 2. The van der Waals surface area contributed by atoms with E-state index in [9.17, 15) is 4.79 Å². The molecular weight excluding hydrogens is 312 g/mol. The van der Waals surface area contributed by atoms with Crippen molar-refractivity contribution in [1.29, 1.82) is 0 Å². The van der Waals surface area contributed by atoms with Gasteiger partial charge >= 0.3 is 5.97 Å². The number of likely N-dealkylation sites (N-methyl/N-ethyl adjacent to an activating group) is 1. The first kappa shape index (κ1) is 19.0. The molecule has 2 N–H and O–H groups in total. The maximum atomic E-state index is 12.9. The van der Waals surface area contributed by atoms with E-state index in [1.807, 2.05) is 67.7 Å². The summed E-state index contributed by atoms with van der Waals surface area (Å²) in [5.41, 5.74) is 1.78. The second-order valence-corrected chi connectivity index (χ2v) is 6.27. The quantitative estimate of drug-likeness (QED) is 0.677. The molecule has 3 atom stereocenters. The van der Waals surface area contributed by atoms with Crippen LogP contribution in [0.4, 0.5) is 5.69 Å². The summed E-state index contributed by atoms with van der Waals surface area (Å²) in [5, 5.41) is 6.42. The number of nitrogens with one attached hydrogen (secondary N) is 2. The maximum Gasteiger partial charge on any atom is 0.333 e. The smallest absolute Gasteiger partial charge is 0.333 e. The molecule has 2 rings (SSSR count). The van der Waals surface area contributed by atoms with E-state index in [1.54, 1.807) is 0 Å². The minimum Gasteiger partial charge on any atom is -0.459 e. The minimum absolute atomic E-state index is 0.147. The molecule has 0 heterocycles. The Morgan fingerprint density at radius 2 is 1.64 bits per heavy atom. The van der Waals surface area contributed by atoms with Gasteiger partial charge < -0.3 is 15.4 Å². The van der Waals surface area contributed by atoms with Crippen molar-refractivity contribution in [2.75, 3.05) is 18.9 Å². The lowest BCUT2D eigenvalue weighted by molar-refractivity contribution is -0.152. The van der Waals surface area contributed by atoms with Crippen LogP contribution < -0.4 is 10.6 Å². The van der Waals surface area contributed by atoms with Crippen LogP contribution >= 0.6 is 0 Å². The number of carbonyl (C=O) groups excluding carboxylic acids is 1. The van der Waals surface area contributed by atoms with Gasteiger partial charge in [-0.3, -0.25) is 0 Å². The Kier molecular flexibility index (Phi) is 7.48. The normalized spacial score (nSPS) is 14.4. The van der Waals surface area contributed by atoms with Crippen molar-refractivity contribution in [3.8, 4) is 0 Å². The van der Waals surface area contributed by atoms with Crippen molar-refractivity contribution in [2.45, 2.75) is 32.4 Å². The summed E-state index contributed by atoms with van der Waals surface area (Å²) in [6.07, 6.45) is 0.813. The largest absolute Gasteiger partial charge is 0.459 e. The van der Waals surface area contributed by atoms with Crippen molar-refractivity contribution < 1.29 is 9.53 Å². The van der Waals surface area contributed by atoms with E-state index in [-0.39, 0.29) is 12.1 Å². The first-order valence-corrected chi connectivity index (χ1v) is 8.87. The van der Waals surface area contributed by atoms with Gasteiger partial charge in [0.2, 0.25) is 0 Å². The van der Waals surface area contributed by atoms with Gasteiger partial charge in [0, 0.05) is 12.2 Å². The average Bonchev–Trinajstić information content (AvgIpc) is 2.66. The van der Waals surface area contributed by atoms with Gasteiger partial charge in [-0.15, -0.1) is 0 Å². The number of anilines is 1. The van der Waals surface area contributed by atoms with Gasteiger partial charge in [0.1, 0.15) is 6.10 Å². The number of ether oxygens (including phenoxy) is 1. The number of para-hydroxylation sites is 1. The summed E-state index contributed by atoms with van der Waals surface area (Å²) >= 11 is 0. The number of carbonyl (C=O) groups is 1. The molecule has 0 aliphatic heterocycles. The van der Waals surface area contributed by atoms with Crippen LogP contribution in [-0.2, 0) is 9.53 Å². The summed E-state index contributed by atoms with van der Waals surface area (Å²) in [6.45, 7) is 4.86. The first-order chi connectivity index (χ1) is 12.2. The van der Waals surface area contributed by atoms with Gasteiger partial charge in [-0.25, -0.2) is 4.79 Å². The molecule has 0 spiro atoms. The van der Waals surface area contributed by atoms with E-state index in [0.29, 0.717) is 12.5 Å². The van der Waals surface area contributed by atoms with Crippen molar-refractivity contribution in [3.05, 3.63) is 66.2 Å². The van der Waals surface area contributed by atoms with Crippen LogP contribution in [0.5, 0.6) is 0 Å². The topological polar surface area (TPSA) is 50.4 Å². The van der Waals surface area contributed by atoms with Crippen LogP contribution in [0.1, 0.15) is 31.9 Å². The first-order valence-electron chi connectivity index (χ1n) is 8.87. The fraction of sp³-hybridized carbons (Fsp3) is 0.381. The molecule has 0 saturated carbocycles. The van der Waals surface area contributed by atoms with Crippen molar-refractivity contribution in [1.82, 2.24) is 5.32 Å². The molecule has 0 aliphatic carbocycles. The Balaban J connectivity index is 2.20. The average molecular weight is 340 g/mol. The second kappa shape index (κ2) is 9.84. The van der Waals surface area contributed by atoms with Crippen LogP contribution in [0, 0.1) is 5.92 Å². The molecule has 0 radical (unpaired) electrons. The summed E-state index contributed by atoms with van der Waals surface area (Å²) in [5.74, 6) is 0.0418. The Morgan fingerprint density at radius 3 is 2.20 bits per heavy atom. The predicted molar refractivity (Wildman–Crippen MR) is 103 cm³/mol. The van der Waals surface area contributed by atoms with Gasteiger partial charge in [0.05, 0.1) is 0 Å². The summed E-state index contributed by atoms with van der Waals surface area (Å²) < 4.78 is 5.87. The molecule has 2 aromatic rings. The molecule has 0 saturated heterocycles. The number of benzene rings is 2. The highest BCUT2D eigenvalue weighted by Gasteiger charge is 2.27. The summed E-state index contributed by atoms with van der Waals surface area (Å²) in [6, 6.07) is 18.9. The van der Waals surface area contributed by atoms with Crippen LogP contribution in [0.25, 0.3) is 0 Å². The minimum atomic E-state index is -0.535. The molecule has 0 bridgehead atoms. The molecule has 0 fully saturated rings. The van der Waals surface area contributed by atoms with Gasteiger partial charge in [-0.05, 0) is 37.1 Å². The zero-order valence-corrected chi connectivity index (χ0v) is 15.2. The van der Waals surface area contributed by atoms with Crippen molar-refractivity contribution in [2.24, 2.45) is 5.92 Å². The molecular formula is C21H28N2O2. The number of esters is 1. The second-order valence-electron chi connectivity index (χ2n) is 6.27. The van der Waals surface area contributed by atoms with E-state index in [2.05, 4.69) is 24.5 Å². The lowest BCUT2D eigenvalue weighted by atomic mass is 10.0. The molecule has 0 amide bonds. The molecule has 1 unspecified atom stereocenters. The fourth-order valence-corrected chi connectivity index (χ4v) is 2.67. The Morgan fingerprint density at radius 1 is 1.04 bits per heavy atom. The zero-order valence-electron chi connectivity index (χ0n) is 15.2. The van der Waals surface area contributed by atoms with Gasteiger partial charge in [-0.2, -0.15) is 0 Å². The Bertz CT molecular complexity index is 631. The predicted octanol–water partition coefficient (Wildman–Crippen LogP) is 4.02. The molecule has 4 nitrogen and oxygen atoms in total. The molecule has 25 heavy (non-hydrogen) atoms. The molecule has 2 aromatic carbocycles. The third-order valence-electron chi connectivity index (χ3n) is 4.40. The molecule has 4 heteroatoms. The number of hydrogen-bond acceptors (Lipinski definition) is 4. The fourth-order valence-electron chi connectivity index (χ4n) is 2.67. The lowest BCUT2D eigenvalue weighted by Gasteiger charge is -2.26. The van der Waals surface area contributed by atoms with Crippen LogP contribution in [0.2, 0.25) is 0 Å². The van der Waals surface area contributed by atoms with Gasteiger partial charge in [0.25, 0.3) is 0 Å².